The van der Waals surface area contributed by atoms with E-state index in [2.05, 4.69) is 22.0 Å². The summed E-state index contributed by atoms with van der Waals surface area (Å²) in [6.07, 6.45) is 0.542. The predicted octanol–water partition coefficient (Wildman–Crippen LogP) is 2.06. The van der Waals surface area contributed by atoms with Crippen molar-refractivity contribution in [2.24, 2.45) is 0 Å². The zero-order valence-corrected chi connectivity index (χ0v) is 9.57. The Kier molecular flexibility index (Phi) is 2.74. The van der Waals surface area contributed by atoms with Gasteiger partial charge in [-0.2, -0.15) is 5.26 Å². The summed E-state index contributed by atoms with van der Waals surface area (Å²) in [7, 11) is 0. The van der Waals surface area contributed by atoms with E-state index in [4.69, 9.17) is 5.26 Å². The Balaban J connectivity index is 2.23. The number of rotatable bonds is 1. The molecule has 2 rings (SSSR count). The highest BCUT2D eigenvalue weighted by atomic mass is 79.9. The maximum Gasteiger partial charge on any atom is 0.228 e. The van der Waals surface area contributed by atoms with E-state index >= 15 is 0 Å². The zero-order chi connectivity index (χ0) is 10.8. The molecule has 4 heteroatoms. The summed E-state index contributed by atoms with van der Waals surface area (Å²) in [6, 6.07) is 9.12. The van der Waals surface area contributed by atoms with Gasteiger partial charge in [0.1, 0.15) is 0 Å². The van der Waals surface area contributed by atoms with Crippen LogP contribution >= 0.6 is 15.9 Å². The minimum absolute atomic E-state index is 0.126. The fourth-order valence-electron chi connectivity index (χ4n) is 1.63. The van der Waals surface area contributed by atoms with E-state index < -0.39 is 0 Å². The first-order valence-corrected chi connectivity index (χ1v) is 5.57. The first kappa shape index (κ1) is 10.2. The Morgan fingerprint density at radius 1 is 1.40 bits per heavy atom. The van der Waals surface area contributed by atoms with Crippen molar-refractivity contribution in [1.82, 2.24) is 0 Å². The van der Waals surface area contributed by atoms with Crippen LogP contribution in [0.25, 0.3) is 0 Å². The first-order valence-electron chi connectivity index (χ1n) is 4.65. The Hall–Kier alpha value is -1.34. The van der Waals surface area contributed by atoms with Crippen molar-refractivity contribution in [2.45, 2.75) is 11.2 Å². The quantitative estimate of drug-likeness (QED) is 0.729. The summed E-state index contributed by atoms with van der Waals surface area (Å²) >= 11 is 3.43. The lowest BCUT2D eigenvalue weighted by atomic mass is 10.2. The van der Waals surface area contributed by atoms with Crippen molar-refractivity contribution in [3.05, 3.63) is 29.8 Å². The molecule has 76 valence electrons. The lowest BCUT2D eigenvalue weighted by Crippen LogP contribution is -2.24. The van der Waals surface area contributed by atoms with E-state index in [-0.39, 0.29) is 10.7 Å². The largest absolute Gasteiger partial charge is 0.311 e. The lowest BCUT2D eigenvalue weighted by molar-refractivity contribution is -0.117. The molecule has 0 saturated carbocycles. The highest BCUT2D eigenvalue weighted by molar-refractivity contribution is 9.09. The van der Waals surface area contributed by atoms with Crippen molar-refractivity contribution in [3.8, 4) is 6.07 Å². The van der Waals surface area contributed by atoms with Crippen LogP contribution in [0.15, 0.2) is 24.3 Å². The molecule has 1 unspecified atom stereocenters. The molecule has 0 aliphatic carbocycles. The molecule has 0 aromatic heterocycles. The molecule has 0 bridgehead atoms. The maximum absolute atomic E-state index is 11.6. The van der Waals surface area contributed by atoms with Crippen LogP contribution in [0.5, 0.6) is 0 Å². The van der Waals surface area contributed by atoms with Gasteiger partial charge in [0.15, 0.2) is 0 Å². The van der Waals surface area contributed by atoms with Crippen LogP contribution in [-0.2, 0) is 4.79 Å². The minimum atomic E-state index is 0.126. The molecule has 3 nitrogen and oxygen atoms in total. The van der Waals surface area contributed by atoms with Crippen molar-refractivity contribution in [3.63, 3.8) is 0 Å². The van der Waals surface area contributed by atoms with Gasteiger partial charge < -0.3 is 4.90 Å². The number of nitriles is 1. The molecular formula is C11H9BrN2O. The average Bonchev–Trinajstić information content (AvgIpc) is 2.58. The van der Waals surface area contributed by atoms with Crippen LogP contribution in [0.2, 0.25) is 0 Å². The van der Waals surface area contributed by atoms with E-state index in [1.54, 1.807) is 17.0 Å². The highest BCUT2D eigenvalue weighted by Crippen LogP contribution is 2.25. The van der Waals surface area contributed by atoms with Gasteiger partial charge in [0.25, 0.3) is 0 Å². The van der Waals surface area contributed by atoms with Gasteiger partial charge >= 0.3 is 0 Å². The van der Waals surface area contributed by atoms with E-state index in [9.17, 15) is 4.79 Å². The standard InChI is InChI=1S/C11H9BrN2O/c12-9-5-11(15)14(7-9)10-3-1-8(6-13)2-4-10/h1-4,9H,5,7H2. The van der Waals surface area contributed by atoms with Gasteiger partial charge in [-0.25, -0.2) is 0 Å². The summed E-state index contributed by atoms with van der Waals surface area (Å²) in [5.41, 5.74) is 1.47. The number of hydrogen-bond donors (Lipinski definition) is 0. The molecular weight excluding hydrogens is 256 g/mol. The topological polar surface area (TPSA) is 44.1 Å². The van der Waals surface area contributed by atoms with Crippen LogP contribution in [0.1, 0.15) is 12.0 Å². The first-order chi connectivity index (χ1) is 7.20. The van der Waals surface area contributed by atoms with Crippen LogP contribution < -0.4 is 4.90 Å². The van der Waals surface area contributed by atoms with Gasteiger partial charge in [0.05, 0.1) is 11.6 Å². The SMILES string of the molecule is N#Cc1ccc(N2CC(Br)CC2=O)cc1. The lowest BCUT2D eigenvalue weighted by Gasteiger charge is -2.15. The molecule has 1 amide bonds. The van der Waals surface area contributed by atoms with E-state index in [1.807, 2.05) is 12.1 Å². The second-order valence-electron chi connectivity index (χ2n) is 3.46. The van der Waals surface area contributed by atoms with Gasteiger partial charge in [-0.05, 0) is 24.3 Å². The molecule has 1 saturated heterocycles. The second-order valence-corrected chi connectivity index (χ2v) is 4.76. The van der Waals surface area contributed by atoms with Crippen LogP contribution in [0.4, 0.5) is 5.69 Å². The van der Waals surface area contributed by atoms with Gasteiger partial charge in [-0.15, -0.1) is 0 Å². The third kappa shape index (κ3) is 2.02. The second kappa shape index (κ2) is 4.03. The van der Waals surface area contributed by atoms with Crippen molar-refractivity contribution < 1.29 is 4.79 Å². The minimum Gasteiger partial charge on any atom is -0.311 e. The Bertz CT molecular complexity index is 421. The number of halogens is 1. The number of hydrogen-bond acceptors (Lipinski definition) is 2. The molecule has 1 aliphatic rings. The third-order valence-corrected chi connectivity index (χ3v) is 3.00. The molecule has 1 fully saturated rings. The van der Waals surface area contributed by atoms with Crippen LogP contribution in [0, 0.1) is 11.3 Å². The smallest absolute Gasteiger partial charge is 0.228 e. The molecule has 0 spiro atoms. The van der Waals surface area contributed by atoms with Crippen LogP contribution in [-0.4, -0.2) is 17.3 Å². The fraction of sp³-hybridized carbons (Fsp3) is 0.273. The molecule has 1 aromatic carbocycles. The van der Waals surface area contributed by atoms with Crippen molar-refractivity contribution in [1.29, 1.82) is 5.26 Å². The molecule has 1 atom stereocenters. The number of amides is 1. The molecule has 0 N–H and O–H groups in total. The number of carbonyl (C=O) groups is 1. The molecule has 1 aromatic rings. The van der Waals surface area contributed by atoms with Crippen molar-refractivity contribution in [2.75, 3.05) is 11.4 Å². The summed E-state index contributed by atoms with van der Waals surface area (Å²) in [4.78, 5) is 13.5. The zero-order valence-electron chi connectivity index (χ0n) is 7.98. The monoisotopic (exact) mass is 264 g/mol. The predicted molar refractivity (Wildman–Crippen MR) is 60.8 cm³/mol. The van der Waals surface area contributed by atoms with E-state index in [1.165, 1.54) is 0 Å². The maximum atomic E-state index is 11.6. The summed E-state index contributed by atoms with van der Waals surface area (Å²) < 4.78 is 0. The number of anilines is 1. The van der Waals surface area contributed by atoms with Gasteiger partial charge in [0, 0.05) is 23.5 Å². The number of carbonyl (C=O) groups excluding carboxylic acids is 1. The number of alkyl halides is 1. The molecule has 1 aliphatic heterocycles. The third-order valence-electron chi connectivity index (χ3n) is 2.39. The molecule has 0 radical (unpaired) electrons. The highest BCUT2D eigenvalue weighted by Gasteiger charge is 2.28. The molecule has 15 heavy (non-hydrogen) atoms. The van der Waals surface area contributed by atoms with Crippen LogP contribution in [0.3, 0.4) is 0 Å². The summed E-state index contributed by atoms with van der Waals surface area (Å²) in [5, 5.41) is 8.65. The van der Waals surface area contributed by atoms with Gasteiger partial charge in [-0.3, -0.25) is 4.79 Å². The van der Waals surface area contributed by atoms with E-state index in [0.717, 1.165) is 5.69 Å². The fourth-order valence-corrected chi connectivity index (χ4v) is 2.20. The number of nitrogens with zero attached hydrogens (tertiary/aromatic N) is 2. The Morgan fingerprint density at radius 3 is 2.53 bits per heavy atom. The number of benzene rings is 1. The Morgan fingerprint density at radius 2 is 2.07 bits per heavy atom. The average molecular weight is 265 g/mol. The summed E-state index contributed by atoms with van der Waals surface area (Å²) in [5.74, 6) is 0.126. The molecule has 1 heterocycles. The normalized spacial score (nSPS) is 20.4. The Labute approximate surface area is 96.4 Å². The van der Waals surface area contributed by atoms with Gasteiger partial charge in [-0.1, -0.05) is 15.9 Å². The van der Waals surface area contributed by atoms with Gasteiger partial charge in [0.2, 0.25) is 5.91 Å². The van der Waals surface area contributed by atoms with Crippen molar-refractivity contribution >= 4 is 27.5 Å². The van der Waals surface area contributed by atoms with E-state index in [0.29, 0.717) is 18.5 Å². The summed E-state index contributed by atoms with van der Waals surface area (Å²) in [6.45, 7) is 0.699.